The zero-order chi connectivity index (χ0) is 12.2. The first-order valence-corrected chi connectivity index (χ1v) is 4.23. The molecule has 15 heavy (non-hydrogen) atoms. The summed E-state index contributed by atoms with van der Waals surface area (Å²) in [7, 11) is 0. The molecule has 0 aliphatic rings. The molecule has 0 aromatic heterocycles. The van der Waals surface area contributed by atoms with Crippen LogP contribution in [0.3, 0.4) is 0 Å². The Morgan fingerprint density at radius 2 is 1.07 bits per heavy atom. The predicted molar refractivity (Wildman–Crippen MR) is 48.2 cm³/mol. The Hall–Kier alpha value is -0.820. The smallest absolute Gasteiger partial charge is 0.200 e. The average Bonchev–Trinajstić information content (AvgIpc) is 2.22. The zero-order valence-electron chi connectivity index (χ0n) is 7.62. The number of benzene rings is 1. The fourth-order valence-corrected chi connectivity index (χ4v) is 0.790. The highest BCUT2D eigenvalue weighted by Gasteiger charge is 2.23. The van der Waals surface area contributed by atoms with Crippen LogP contribution in [0.2, 0.25) is 0 Å². The monoisotopic (exact) mass is 245 g/mol. The van der Waals surface area contributed by atoms with Gasteiger partial charge in [0.2, 0.25) is 5.82 Å². The SMILES string of the molecule is CCN.Fc1c(F)c(F)c(S)c(F)c1F. The summed E-state index contributed by atoms with van der Waals surface area (Å²) in [4.78, 5) is -1.17. The van der Waals surface area contributed by atoms with E-state index >= 15 is 0 Å². The van der Waals surface area contributed by atoms with Gasteiger partial charge < -0.3 is 5.73 Å². The molecule has 1 rings (SSSR count). The average molecular weight is 245 g/mol. The minimum Gasteiger partial charge on any atom is -0.331 e. The molecular weight excluding hydrogens is 237 g/mol. The van der Waals surface area contributed by atoms with Crippen LogP contribution < -0.4 is 5.73 Å². The number of hydrogen-bond acceptors (Lipinski definition) is 2. The molecule has 0 unspecified atom stereocenters. The Morgan fingerprint density at radius 1 is 0.867 bits per heavy atom. The molecule has 0 heterocycles. The van der Waals surface area contributed by atoms with Crippen molar-refractivity contribution in [3.05, 3.63) is 29.1 Å². The van der Waals surface area contributed by atoms with Gasteiger partial charge in [0.15, 0.2) is 23.3 Å². The van der Waals surface area contributed by atoms with Gasteiger partial charge in [0.1, 0.15) is 0 Å². The molecule has 7 heteroatoms. The Morgan fingerprint density at radius 3 is 1.33 bits per heavy atom. The van der Waals surface area contributed by atoms with Gasteiger partial charge >= 0.3 is 0 Å². The molecule has 0 radical (unpaired) electrons. The van der Waals surface area contributed by atoms with E-state index in [1.807, 2.05) is 6.92 Å². The first-order valence-electron chi connectivity index (χ1n) is 3.78. The third-order valence-electron chi connectivity index (χ3n) is 1.19. The van der Waals surface area contributed by atoms with Crippen molar-refractivity contribution in [2.45, 2.75) is 11.8 Å². The van der Waals surface area contributed by atoms with Crippen molar-refractivity contribution < 1.29 is 22.0 Å². The third-order valence-corrected chi connectivity index (χ3v) is 1.58. The maximum absolute atomic E-state index is 12.3. The largest absolute Gasteiger partial charge is 0.331 e. The van der Waals surface area contributed by atoms with E-state index in [1.165, 1.54) is 0 Å². The highest BCUT2D eigenvalue weighted by atomic mass is 32.1. The summed E-state index contributed by atoms with van der Waals surface area (Å²) in [6, 6.07) is 0. The number of nitrogens with two attached hydrogens (primary N) is 1. The van der Waals surface area contributed by atoms with Crippen molar-refractivity contribution in [2.24, 2.45) is 5.73 Å². The first-order chi connectivity index (χ1) is 6.88. The minimum absolute atomic E-state index is 0.750. The number of rotatable bonds is 0. The van der Waals surface area contributed by atoms with E-state index in [4.69, 9.17) is 5.73 Å². The van der Waals surface area contributed by atoms with E-state index in [-0.39, 0.29) is 0 Å². The highest BCUT2D eigenvalue weighted by molar-refractivity contribution is 7.80. The van der Waals surface area contributed by atoms with Crippen LogP contribution >= 0.6 is 12.6 Å². The van der Waals surface area contributed by atoms with Gasteiger partial charge in [-0.1, -0.05) is 6.92 Å². The molecule has 1 aromatic rings. The van der Waals surface area contributed by atoms with Crippen molar-refractivity contribution in [1.82, 2.24) is 0 Å². The minimum atomic E-state index is -2.18. The molecule has 0 atom stereocenters. The molecule has 0 saturated carbocycles. The van der Waals surface area contributed by atoms with Gasteiger partial charge in [-0.3, -0.25) is 0 Å². The molecule has 0 saturated heterocycles. The maximum Gasteiger partial charge on any atom is 0.200 e. The lowest BCUT2D eigenvalue weighted by Gasteiger charge is -2.01. The Balaban J connectivity index is 0.000000583. The van der Waals surface area contributed by atoms with Crippen molar-refractivity contribution in [1.29, 1.82) is 0 Å². The molecule has 86 valence electrons. The van der Waals surface area contributed by atoms with Crippen LogP contribution in [0.1, 0.15) is 6.92 Å². The van der Waals surface area contributed by atoms with E-state index < -0.39 is 34.0 Å². The van der Waals surface area contributed by atoms with E-state index in [1.54, 1.807) is 0 Å². The second-order valence-electron chi connectivity index (χ2n) is 2.33. The van der Waals surface area contributed by atoms with Crippen LogP contribution in [0, 0.1) is 29.1 Å². The topological polar surface area (TPSA) is 26.0 Å². The Kier molecular flexibility index (Phi) is 5.59. The summed E-state index contributed by atoms with van der Waals surface area (Å²) in [5.74, 6) is -10.00. The van der Waals surface area contributed by atoms with E-state index in [9.17, 15) is 22.0 Å². The van der Waals surface area contributed by atoms with Crippen molar-refractivity contribution in [3.8, 4) is 0 Å². The Bertz CT molecular complexity index is 250. The van der Waals surface area contributed by atoms with Gasteiger partial charge in [-0.2, -0.15) is 0 Å². The summed E-state index contributed by atoms with van der Waals surface area (Å²) >= 11 is 3.10. The fraction of sp³-hybridized carbons (Fsp3) is 0.250. The molecular formula is C8H8F5NS. The van der Waals surface area contributed by atoms with Gasteiger partial charge in [0.05, 0.1) is 4.90 Å². The van der Waals surface area contributed by atoms with Crippen molar-refractivity contribution >= 4 is 12.6 Å². The number of halogens is 5. The summed E-state index contributed by atoms with van der Waals surface area (Å²) in [6.45, 7) is 2.65. The van der Waals surface area contributed by atoms with Crippen LogP contribution in [0.5, 0.6) is 0 Å². The van der Waals surface area contributed by atoms with Gasteiger partial charge in [-0.05, 0) is 6.54 Å². The summed E-state index contributed by atoms with van der Waals surface area (Å²) in [6.07, 6.45) is 0. The quantitative estimate of drug-likeness (QED) is 0.312. The third kappa shape index (κ3) is 3.07. The molecule has 0 aliphatic carbocycles. The molecule has 0 amide bonds. The summed E-state index contributed by atoms with van der Waals surface area (Å²) in [5, 5.41) is 0. The highest BCUT2D eigenvalue weighted by Crippen LogP contribution is 2.24. The van der Waals surface area contributed by atoms with Gasteiger partial charge in [-0.25, -0.2) is 22.0 Å². The van der Waals surface area contributed by atoms with Crippen LogP contribution in [-0.2, 0) is 0 Å². The first kappa shape index (κ1) is 14.2. The van der Waals surface area contributed by atoms with Crippen LogP contribution in [0.15, 0.2) is 4.90 Å². The molecule has 0 aliphatic heterocycles. The number of hydrogen-bond donors (Lipinski definition) is 2. The van der Waals surface area contributed by atoms with Gasteiger partial charge in [0.25, 0.3) is 0 Å². The van der Waals surface area contributed by atoms with Gasteiger partial charge in [-0.15, -0.1) is 12.6 Å². The number of thiol groups is 1. The van der Waals surface area contributed by atoms with Crippen LogP contribution in [0.25, 0.3) is 0 Å². The second-order valence-corrected chi connectivity index (χ2v) is 2.77. The van der Waals surface area contributed by atoms with Crippen molar-refractivity contribution in [2.75, 3.05) is 6.54 Å². The van der Waals surface area contributed by atoms with Crippen molar-refractivity contribution in [3.63, 3.8) is 0 Å². The lowest BCUT2D eigenvalue weighted by Crippen LogP contribution is -2.01. The van der Waals surface area contributed by atoms with Crippen LogP contribution in [-0.4, -0.2) is 6.54 Å². The fourth-order valence-electron chi connectivity index (χ4n) is 0.593. The van der Waals surface area contributed by atoms with E-state index in [0.717, 1.165) is 6.54 Å². The molecule has 0 bridgehead atoms. The van der Waals surface area contributed by atoms with Crippen LogP contribution in [0.4, 0.5) is 22.0 Å². The maximum atomic E-state index is 12.3. The van der Waals surface area contributed by atoms with E-state index in [2.05, 4.69) is 12.6 Å². The van der Waals surface area contributed by atoms with E-state index in [0.29, 0.717) is 0 Å². The standard InChI is InChI=1S/C6HF5S.C2H7N/c7-1-2(8)4(10)6(12)5(11)3(1)9;1-2-3/h12H;2-3H2,1H3. The molecule has 2 N–H and O–H groups in total. The predicted octanol–water partition coefficient (Wildman–Crippen LogP) is 2.64. The Labute approximate surface area is 88.5 Å². The normalized spacial score (nSPS) is 9.60. The lowest BCUT2D eigenvalue weighted by molar-refractivity contribution is 0.361. The van der Waals surface area contributed by atoms with Gasteiger partial charge in [0, 0.05) is 0 Å². The molecule has 1 nitrogen and oxygen atoms in total. The molecule has 0 fully saturated rings. The zero-order valence-corrected chi connectivity index (χ0v) is 8.52. The second kappa shape index (κ2) is 5.92. The lowest BCUT2D eigenvalue weighted by atomic mass is 10.3. The molecule has 1 aromatic carbocycles. The molecule has 0 spiro atoms. The summed E-state index contributed by atoms with van der Waals surface area (Å²) < 4.78 is 61.3. The summed E-state index contributed by atoms with van der Waals surface area (Å²) in [5.41, 5.74) is 4.85.